The molecule has 1 atom stereocenters. The van der Waals surface area contributed by atoms with Crippen LogP contribution in [0.15, 0.2) is 12.4 Å². The predicted molar refractivity (Wildman–Crippen MR) is 63.5 cm³/mol. The van der Waals surface area contributed by atoms with Crippen molar-refractivity contribution in [2.45, 2.75) is 51.5 Å². The number of hydrogen-bond donors (Lipinski definition) is 0. The number of nitrogens with zero attached hydrogens (tertiary/aromatic N) is 2. The van der Waals surface area contributed by atoms with Crippen molar-refractivity contribution in [1.82, 2.24) is 9.78 Å². The molecule has 0 N–H and O–H groups in total. The lowest BCUT2D eigenvalue weighted by molar-refractivity contribution is -0.129. The second-order valence-corrected chi connectivity index (χ2v) is 5.00. The fourth-order valence-electron chi connectivity index (χ4n) is 2.46. The van der Waals surface area contributed by atoms with Crippen LogP contribution in [0.3, 0.4) is 0 Å². The predicted octanol–water partition coefficient (Wildman–Crippen LogP) is 2.84. The van der Waals surface area contributed by atoms with Crippen LogP contribution in [0.1, 0.15) is 38.2 Å². The largest absolute Gasteiger partial charge is 0.299 e. The second kappa shape index (κ2) is 5.16. The third-order valence-electron chi connectivity index (χ3n) is 3.48. The van der Waals surface area contributed by atoms with Gasteiger partial charge in [-0.15, -0.1) is 0 Å². The molecule has 0 aromatic carbocycles. The smallest absolute Gasteiger partial charge is 0.248 e. The van der Waals surface area contributed by atoms with Gasteiger partial charge in [0.05, 0.1) is 6.20 Å². The first kappa shape index (κ1) is 13.2. The molecule has 1 aliphatic carbocycles. The summed E-state index contributed by atoms with van der Waals surface area (Å²) >= 11 is 0. The van der Waals surface area contributed by atoms with Gasteiger partial charge in [0.25, 0.3) is 0 Å². The summed E-state index contributed by atoms with van der Waals surface area (Å²) in [6, 6.07) is 0. The minimum Gasteiger partial charge on any atom is -0.299 e. The Morgan fingerprint density at radius 3 is 3.00 bits per heavy atom. The van der Waals surface area contributed by atoms with Crippen molar-refractivity contribution < 1.29 is 13.6 Å². The Morgan fingerprint density at radius 1 is 1.61 bits per heavy atom. The summed E-state index contributed by atoms with van der Waals surface area (Å²) in [6.45, 7) is 2.70. The van der Waals surface area contributed by atoms with Crippen LogP contribution in [-0.2, 0) is 17.8 Å². The Kier molecular flexibility index (Phi) is 3.78. The van der Waals surface area contributed by atoms with Crippen LogP contribution in [0.5, 0.6) is 0 Å². The van der Waals surface area contributed by atoms with Crippen LogP contribution in [-0.4, -0.2) is 21.5 Å². The van der Waals surface area contributed by atoms with Gasteiger partial charge in [0, 0.05) is 37.9 Å². The summed E-state index contributed by atoms with van der Waals surface area (Å²) in [4.78, 5) is 12.0. The maximum Gasteiger partial charge on any atom is 0.248 e. The van der Waals surface area contributed by atoms with Crippen molar-refractivity contribution in [2.75, 3.05) is 0 Å². The zero-order chi connectivity index (χ0) is 13.2. The van der Waals surface area contributed by atoms with Gasteiger partial charge in [-0.05, 0) is 25.3 Å². The lowest BCUT2D eigenvalue weighted by Gasteiger charge is -2.27. The van der Waals surface area contributed by atoms with Gasteiger partial charge < -0.3 is 0 Å². The van der Waals surface area contributed by atoms with E-state index in [1.807, 2.05) is 6.92 Å². The molecule has 0 amide bonds. The highest BCUT2D eigenvalue weighted by Crippen LogP contribution is 2.37. The van der Waals surface area contributed by atoms with E-state index in [0.29, 0.717) is 12.8 Å². The standard InChI is InChI=1S/C13H18F2N2O/c1-2-17-9-10(8-16-17)6-12(18)11-4-3-5-13(14,15)7-11/h8-9,11H,2-7H2,1H3. The molecule has 0 aliphatic heterocycles. The zero-order valence-corrected chi connectivity index (χ0v) is 10.5. The molecule has 1 unspecified atom stereocenters. The highest BCUT2D eigenvalue weighted by molar-refractivity contribution is 5.83. The van der Waals surface area contributed by atoms with Crippen LogP contribution in [0.2, 0.25) is 0 Å². The van der Waals surface area contributed by atoms with Crippen molar-refractivity contribution in [1.29, 1.82) is 0 Å². The lowest BCUT2D eigenvalue weighted by atomic mass is 9.82. The van der Waals surface area contributed by atoms with Gasteiger partial charge in [-0.25, -0.2) is 8.78 Å². The molecule has 0 bridgehead atoms. The highest BCUT2D eigenvalue weighted by atomic mass is 19.3. The number of rotatable bonds is 4. The number of Topliss-reactive ketones (excluding diaryl/α,β-unsaturated/α-hetero) is 1. The van der Waals surface area contributed by atoms with Crippen molar-refractivity contribution in [3.63, 3.8) is 0 Å². The molecule has 0 saturated heterocycles. The topological polar surface area (TPSA) is 34.9 Å². The highest BCUT2D eigenvalue weighted by Gasteiger charge is 2.38. The van der Waals surface area contributed by atoms with E-state index in [-0.39, 0.29) is 25.0 Å². The summed E-state index contributed by atoms with van der Waals surface area (Å²) in [6.07, 6.45) is 4.34. The number of aromatic nitrogens is 2. The average Bonchev–Trinajstić information content (AvgIpc) is 2.75. The first-order valence-corrected chi connectivity index (χ1v) is 6.42. The molecule has 1 aromatic rings. The fourth-order valence-corrected chi connectivity index (χ4v) is 2.46. The van der Waals surface area contributed by atoms with E-state index in [0.717, 1.165) is 12.1 Å². The third kappa shape index (κ3) is 3.15. The zero-order valence-electron chi connectivity index (χ0n) is 10.5. The molecular weight excluding hydrogens is 238 g/mol. The normalized spacial score (nSPS) is 22.9. The molecule has 1 heterocycles. The number of carbonyl (C=O) groups is 1. The van der Waals surface area contributed by atoms with Gasteiger partial charge in [-0.3, -0.25) is 9.48 Å². The van der Waals surface area contributed by atoms with Crippen LogP contribution < -0.4 is 0 Å². The number of hydrogen-bond acceptors (Lipinski definition) is 2. The molecular formula is C13H18F2N2O. The van der Waals surface area contributed by atoms with Crippen molar-refractivity contribution >= 4 is 5.78 Å². The van der Waals surface area contributed by atoms with E-state index in [1.165, 1.54) is 0 Å². The van der Waals surface area contributed by atoms with Gasteiger partial charge in [-0.2, -0.15) is 5.10 Å². The lowest BCUT2D eigenvalue weighted by Crippen LogP contribution is -2.31. The van der Waals surface area contributed by atoms with E-state index in [2.05, 4.69) is 5.10 Å². The number of ketones is 1. The molecule has 2 rings (SSSR count). The number of halogens is 2. The second-order valence-electron chi connectivity index (χ2n) is 5.00. The molecule has 100 valence electrons. The maximum atomic E-state index is 13.2. The molecule has 1 aromatic heterocycles. The molecule has 1 saturated carbocycles. The summed E-state index contributed by atoms with van der Waals surface area (Å²) in [5.74, 6) is -3.23. The summed E-state index contributed by atoms with van der Waals surface area (Å²) in [5.41, 5.74) is 0.815. The molecule has 0 spiro atoms. The Bertz CT molecular complexity index is 428. The number of aryl methyl sites for hydroxylation is 1. The Labute approximate surface area is 105 Å². The van der Waals surface area contributed by atoms with Crippen LogP contribution in [0.25, 0.3) is 0 Å². The van der Waals surface area contributed by atoms with E-state index in [9.17, 15) is 13.6 Å². The minimum absolute atomic E-state index is 0.0787. The fraction of sp³-hybridized carbons (Fsp3) is 0.692. The van der Waals surface area contributed by atoms with Gasteiger partial charge in [-0.1, -0.05) is 0 Å². The summed E-state index contributed by atoms with van der Waals surface area (Å²) in [5, 5.41) is 4.08. The Morgan fingerprint density at radius 2 is 2.39 bits per heavy atom. The molecule has 1 fully saturated rings. The Hall–Kier alpha value is -1.26. The van der Waals surface area contributed by atoms with E-state index >= 15 is 0 Å². The number of alkyl halides is 2. The monoisotopic (exact) mass is 256 g/mol. The van der Waals surface area contributed by atoms with E-state index in [1.54, 1.807) is 17.1 Å². The molecule has 3 nitrogen and oxygen atoms in total. The van der Waals surface area contributed by atoms with Crippen molar-refractivity contribution in [3.05, 3.63) is 18.0 Å². The quantitative estimate of drug-likeness (QED) is 0.830. The van der Waals surface area contributed by atoms with Gasteiger partial charge in [0.15, 0.2) is 0 Å². The average molecular weight is 256 g/mol. The molecule has 1 aliphatic rings. The van der Waals surface area contributed by atoms with Gasteiger partial charge in [0.1, 0.15) is 5.78 Å². The SMILES string of the molecule is CCn1cc(CC(=O)C2CCCC(F)(F)C2)cn1. The molecule has 5 heteroatoms. The van der Waals surface area contributed by atoms with Crippen LogP contribution in [0.4, 0.5) is 8.78 Å². The van der Waals surface area contributed by atoms with Crippen LogP contribution >= 0.6 is 0 Å². The van der Waals surface area contributed by atoms with E-state index < -0.39 is 11.8 Å². The minimum atomic E-state index is -2.66. The first-order chi connectivity index (χ1) is 8.50. The molecule has 18 heavy (non-hydrogen) atoms. The summed E-state index contributed by atoms with van der Waals surface area (Å²) in [7, 11) is 0. The van der Waals surface area contributed by atoms with E-state index in [4.69, 9.17) is 0 Å². The maximum absolute atomic E-state index is 13.2. The van der Waals surface area contributed by atoms with Crippen molar-refractivity contribution in [3.8, 4) is 0 Å². The summed E-state index contributed by atoms with van der Waals surface area (Å²) < 4.78 is 28.2. The Balaban J connectivity index is 1.95. The molecule has 0 radical (unpaired) electrons. The number of carbonyl (C=O) groups excluding carboxylic acids is 1. The third-order valence-corrected chi connectivity index (χ3v) is 3.48. The first-order valence-electron chi connectivity index (χ1n) is 6.42. The van der Waals surface area contributed by atoms with Crippen LogP contribution in [0, 0.1) is 5.92 Å². The van der Waals surface area contributed by atoms with Gasteiger partial charge >= 0.3 is 0 Å². The van der Waals surface area contributed by atoms with Gasteiger partial charge in [0.2, 0.25) is 5.92 Å². The van der Waals surface area contributed by atoms with Crippen molar-refractivity contribution in [2.24, 2.45) is 5.92 Å².